The second-order valence-corrected chi connectivity index (χ2v) is 6.65. The van der Waals surface area contributed by atoms with E-state index in [0.29, 0.717) is 12.5 Å². The second kappa shape index (κ2) is 5.22. The van der Waals surface area contributed by atoms with Gasteiger partial charge in [0.25, 0.3) is 5.56 Å². The van der Waals surface area contributed by atoms with Gasteiger partial charge in [-0.25, -0.2) is 4.68 Å². The van der Waals surface area contributed by atoms with Crippen molar-refractivity contribution in [1.82, 2.24) is 20.0 Å². The van der Waals surface area contributed by atoms with Crippen LogP contribution < -0.4 is 10.5 Å². The first-order chi connectivity index (χ1) is 10.3. The first-order valence-corrected chi connectivity index (χ1v) is 8.28. The Morgan fingerprint density at radius 2 is 2.14 bits per heavy atom. The first kappa shape index (κ1) is 12.9. The van der Waals surface area contributed by atoms with Crippen molar-refractivity contribution >= 4 is 16.5 Å². The van der Waals surface area contributed by atoms with Crippen LogP contribution in [0.1, 0.15) is 24.1 Å². The minimum absolute atomic E-state index is 0.0463. The van der Waals surface area contributed by atoms with Crippen LogP contribution in [0.2, 0.25) is 0 Å². The summed E-state index contributed by atoms with van der Waals surface area (Å²) in [5.41, 5.74) is 4.08. The van der Waals surface area contributed by atoms with Crippen LogP contribution in [0.3, 0.4) is 0 Å². The lowest BCUT2D eigenvalue weighted by Gasteiger charge is -2.38. The molecule has 0 amide bonds. The van der Waals surface area contributed by atoms with E-state index in [1.54, 1.807) is 27.6 Å². The number of aromatic nitrogens is 4. The molecule has 2 aromatic rings. The predicted octanol–water partition coefficient (Wildman–Crippen LogP) is 1.11. The molecular formula is C14H17N5OS. The predicted molar refractivity (Wildman–Crippen MR) is 80.8 cm³/mol. The molecule has 2 aromatic heterocycles. The van der Waals surface area contributed by atoms with E-state index in [9.17, 15) is 4.79 Å². The van der Waals surface area contributed by atoms with Crippen molar-refractivity contribution in [3.63, 3.8) is 0 Å². The smallest absolute Gasteiger partial charge is 0.267 e. The summed E-state index contributed by atoms with van der Waals surface area (Å²) in [5, 5.41) is 13.5. The first-order valence-electron chi connectivity index (χ1n) is 7.40. The number of nitrogens with zero attached hydrogens (tertiary/aromatic N) is 5. The fraction of sp³-hybridized carbons (Fsp3) is 0.571. The number of rotatable bonds is 3. The van der Waals surface area contributed by atoms with E-state index in [-0.39, 0.29) is 5.56 Å². The van der Waals surface area contributed by atoms with Gasteiger partial charge in [-0.1, -0.05) is 11.3 Å². The highest BCUT2D eigenvalue weighted by Crippen LogP contribution is 2.26. The lowest BCUT2D eigenvalue weighted by atomic mass is 9.97. The van der Waals surface area contributed by atoms with E-state index in [4.69, 9.17) is 0 Å². The van der Waals surface area contributed by atoms with Gasteiger partial charge in [0.2, 0.25) is 5.13 Å². The third-order valence-electron chi connectivity index (χ3n) is 4.28. The van der Waals surface area contributed by atoms with Crippen LogP contribution in [-0.4, -0.2) is 33.1 Å². The number of fused-ring (bicyclic) bond motifs is 1. The van der Waals surface area contributed by atoms with E-state index < -0.39 is 0 Å². The Hall–Kier alpha value is -1.76. The van der Waals surface area contributed by atoms with Crippen molar-refractivity contribution in [2.45, 2.75) is 32.2 Å². The van der Waals surface area contributed by atoms with Gasteiger partial charge >= 0.3 is 0 Å². The molecule has 0 N–H and O–H groups in total. The van der Waals surface area contributed by atoms with Crippen molar-refractivity contribution in [2.24, 2.45) is 5.92 Å². The van der Waals surface area contributed by atoms with Crippen LogP contribution in [0.5, 0.6) is 0 Å². The molecule has 7 heteroatoms. The largest absolute Gasteiger partial charge is 0.346 e. The lowest BCUT2D eigenvalue weighted by molar-refractivity contribution is 0.331. The Kier molecular flexibility index (Phi) is 3.21. The van der Waals surface area contributed by atoms with Crippen molar-refractivity contribution in [3.05, 3.63) is 33.2 Å². The molecule has 1 aliphatic heterocycles. The zero-order valence-electron chi connectivity index (χ0n) is 11.7. The topological polar surface area (TPSA) is 63.9 Å². The molecule has 1 aliphatic carbocycles. The fourth-order valence-corrected chi connectivity index (χ4v) is 3.70. The molecule has 0 saturated carbocycles. The maximum Gasteiger partial charge on any atom is 0.267 e. The van der Waals surface area contributed by atoms with Gasteiger partial charge in [-0.3, -0.25) is 4.79 Å². The fourth-order valence-electron chi connectivity index (χ4n) is 3.12. The molecule has 2 aliphatic rings. The van der Waals surface area contributed by atoms with Gasteiger partial charge < -0.3 is 4.90 Å². The number of hydrogen-bond acceptors (Lipinski definition) is 6. The Balaban J connectivity index is 1.45. The van der Waals surface area contributed by atoms with Gasteiger partial charge in [0.1, 0.15) is 5.51 Å². The van der Waals surface area contributed by atoms with E-state index in [0.717, 1.165) is 42.3 Å². The summed E-state index contributed by atoms with van der Waals surface area (Å²) in [6.07, 6.45) is 4.38. The van der Waals surface area contributed by atoms with E-state index in [1.807, 2.05) is 0 Å². The summed E-state index contributed by atoms with van der Waals surface area (Å²) in [5.74, 6) is 0.473. The monoisotopic (exact) mass is 303 g/mol. The van der Waals surface area contributed by atoms with Crippen LogP contribution in [0.25, 0.3) is 0 Å². The summed E-state index contributed by atoms with van der Waals surface area (Å²) in [6, 6.07) is 1.79. The molecule has 0 radical (unpaired) electrons. The summed E-state index contributed by atoms with van der Waals surface area (Å²) in [7, 11) is 0. The summed E-state index contributed by atoms with van der Waals surface area (Å²) >= 11 is 1.56. The average molecular weight is 303 g/mol. The van der Waals surface area contributed by atoms with E-state index in [2.05, 4.69) is 20.2 Å². The molecule has 0 atom stereocenters. The Morgan fingerprint density at radius 1 is 1.29 bits per heavy atom. The molecular weight excluding hydrogens is 286 g/mol. The molecule has 1 fully saturated rings. The van der Waals surface area contributed by atoms with Crippen LogP contribution >= 0.6 is 11.3 Å². The molecule has 1 saturated heterocycles. The van der Waals surface area contributed by atoms with Crippen molar-refractivity contribution in [1.29, 1.82) is 0 Å². The summed E-state index contributed by atoms with van der Waals surface area (Å²) < 4.78 is 1.66. The number of aryl methyl sites for hydroxylation is 2. The Labute approximate surface area is 126 Å². The quantitative estimate of drug-likeness (QED) is 0.850. The van der Waals surface area contributed by atoms with Crippen LogP contribution in [0, 0.1) is 5.92 Å². The Morgan fingerprint density at radius 3 is 2.95 bits per heavy atom. The third-order valence-corrected chi connectivity index (χ3v) is 5.03. The highest BCUT2D eigenvalue weighted by atomic mass is 32.1. The molecule has 0 aromatic carbocycles. The van der Waals surface area contributed by atoms with Gasteiger partial charge in [0, 0.05) is 25.1 Å². The third kappa shape index (κ3) is 2.46. The van der Waals surface area contributed by atoms with Crippen molar-refractivity contribution < 1.29 is 0 Å². The molecule has 0 unspecified atom stereocenters. The van der Waals surface area contributed by atoms with Crippen molar-refractivity contribution in [2.75, 3.05) is 18.0 Å². The minimum atomic E-state index is 0.0463. The normalized spacial score (nSPS) is 18.4. The molecule has 6 nitrogen and oxygen atoms in total. The molecule has 4 rings (SSSR count). The summed E-state index contributed by atoms with van der Waals surface area (Å²) in [6.45, 7) is 2.57. The maximum atomic E-state index is 12.1. The lowest BCUT2D eigenvalue weighted by Crippen LogP contribution is -2.49. The van der Waals surface area contributed by atoms with Crippen molar-refractivity contribution in [3.8, 4) is 0 Å². The minimum Gasteiger partial charge on any atom is -0.346 e. The molecule has 110 valence electrons. The average Bonchev–Trinajstić information content (AvgIpc) is 2.96. The van der Waals surface area contributed by atoms with Gasteiger partial charge in [-0.05, 0) is 31.2 Å². The van der Waals surface area contributed by atoms with Crippen LogP contribution in [-0.2, 0) is 19.4 Å². The molecule has 3 heterocycles. The van der Waals surface area contributed by atoms with Gasteiger partial charge in [-0.2, -0.15) is 5.10 Å². The van der Waals surface area contributed by atoms with Crippen LogP contribution in [0.15, 0.2) is 16.4 Å². The zero-order chi connectivity index (χ0) is 14.2. The van der Waals surface area contributed by atoms with Gasteiger partial charge in [0.05, 0.1) is 12.2 Å². The van der Waals surface area contributed by atoms with E-state index >= 15 is 0 Å². The SMILES string of the molecule is O=c1cc2c(nn1CC1CN(c3nncs3)C1)CCCC2. The summed E-state index contributed by atoms with van der Waals surface area (Å²) in [4.78, 5) is 14.3. The molecule has 0 spiro atoms. The molecule has 0 bridgehead atoms. The standard InChI is InChI=1S/C14H17N5OS/c20-13-5-11-3-1-2-4-12(11)17-19(13)8-10-6-18(7-10)14-16-15-9-21-14/h5,9-10H,1-4,6-8H2. The van der Waals surface area contributed by atoms with E-state index in [1.165, 1.54) is 12.8 Å². The number of hydrogen-bond donors (Lipinski definition) is 0. The highest BCUT2D eigenvalue weighted by molar-refractivity contribution is 7.13. The van der Waals surface area contributed by atoms with Gasteiger partial charge in [-0.15, -0.1) is 10.2 Å². The van der Waals surface area contributed by atoms with Gasteiger partial charge in [0.15, 0.2) is 0 Å². The van der Waals surface area contributed by atoms with Crippen LogP contribution in [0.4, 0.5) is 5.13 Å². The number of anilines is 1. The zero-order valence-corrected chi connectivity index (χ0v) is 12.6. The second-order valence-electron chi connectivity index (χ2n) is 5.84. The highest BCUT2D eigenvalue weighted by Gasteiger charge is 2.29. The Bertz CT molecular complexity index is 690. The molecule has 21 heavy (non-hydrogen) atoms. The maximum absolute atomic E-state index is 12.1.